The van der Waals surface area contributed by atoms with E-state index in [-0.39, 0.29) is 18.4 Å². The topological polar surface area (TPSA) is 89.6 Å². The van der Waals surface area contributed by atoms with Crippen molar-refractivity contribution in [2.24, 2.45) is 0 Å². The number of hydrogen-bond acceptors (Lipinski definition) is 6. The third-order valence-electron chi connectivity index (χ3n) is 3.88. The molecule has 0 bridgehead atoms. The normalized spacial score (nSPS) is 10.9. The number of aromatic nitrogens is 1. The Balaban J connectivity index is 0.00000172. The van der Waals surface area contributed by atoms with E-state index in [9.17, 15) is 9.59 Å². The first-order chi connectivity index (χ1) is 16.0. The first kappa shape index (κ1) is 28.1. The van der Waals surface area contributed by atoms with Gasteiger partial charge in [0.15, 0.2) is 5.13 Å². The van der Waals surface area contributed by atoms with Crippen LogP contribution in [-0.4, -0.2) is 50.9 Å². The second-order valence-electron chi connectivity index (χ2n) is 6.78. The van der Waals surface area contributed by atoms with E-state index in [2.05, 4.69) is 15.6 Å². The molecule has 2 aromatic rings. The van der Waals surface area contributed by atoms with Crippen molar-refractivity contribution in [3.8, 4) is 17.0 Å². The number of anilines is 1. The number of ether oxygens (including phenoxy) is 2. The Labute approximate surface area is 201 Å². The van der Waals surface area contributed by atoms with Crippen molar-refractivity contribution in [1.82, 2.24) is 10.3 Å². The summed E-state index contributed by atoms with van der Waals surface area (Å²) < 4.78 is 10.6. The quantitative estimate of drug-likeness (QED) is 0.217. The molecule has 0 saturated carbocycles. The second-order valence-corrected chi connectivity index (χ2v) is 7.64. The van der Waals surface area contributed by atoms with E-state index >= 15 is 0 Å². The molecule has 1 heterocycles. The summed E-state index contributed by atoms with van der Waals surface area (Å²) in [7, 11) is 3.62. The zero-order chi connectivity index (χ0) is 24.5. The SMILES string of the molecule is C/C=C\C(=C/CC)C(=O)NCC(=O)Nc1nc(-c2cccc(OCCOC)c2)cs1.C[B]C. The van der Waals surface area contributed by atoms with E-state index in [1.54, 1.807) is 19.3 Å². The average molecular weight is 470 g/mol. The van der Waals surface area contributed by atoms with Crippen LogP contribution < -0.4 is 15.4 Å². The molecule has 0 unspecified atom stereocenters. The highest BCUT2D eigenvalue weighted by Gasteiger charge is 2.11. The van der Waals surface area contributed by atoms with E-state index in [4.69, 9.17) is 9.47 Å². The van der Waals surface area contributed by atoms with Crippen LogP contribution in [0.4, 0.5) is 5.13 Å². The average Bonchev–Trinajstić information content (AvgIpc) is 3.27. The predicted octanol–water partition coefficient (Wildman–Crippen LogP) is 4.59. The Morgan fingerprint density at radius 1 is 1.24 bits per heavy atom. The van der Waals surface area contributed by atoms with Gasteiger partial charge >= 0.3 is 0 Å². The van der Waals surface area contributed by atoms with Crippen LogP contribution in [0.3, 0.4) is 0 Å². The molecule has 0 fully saturated rings. The summed E-state index contributed by atoms with van der Waals surface area (Å²) in [5.41, 5.74) is 2.16. The Morgan fingerprint density at radius 3 is 2.67 bits per heavy atom. The van der Waals surface area contributed by atoms with Gasteiger partial charge in [-0.2, -0.15) is 0 Å². The maximum absolute atomic E-state index is 12.2. The minimum Gasteiger partial charge on any atom is -0.491 e. The van der Waals surface area contributed by atoms with Gasteiger partial charge < -0.3 is 20.1 Å². The zero-order valence-corrected chi connectivity index (χ0v) is 20.8. The first-order valence-corrected chi connectivity index (χ1v) is 11.7. The lowest BCUT2D eigenvalue weighted by Gasteiger charge is -2.07. The van der Waals surface area contributed by atoms with Crippen LogP contribution in [-0.2, 0) is 14.3 Å². The summed E-state index contributed by atoms with van der Waals surface area (Å²) in [6, 6.07) is 7.56. The maximum Gasteiger partial charge on any atom is 0.251 e. The lowest BCUT2D eigenvalue weighted by Crippen LogP contribution is -2.33. The summed E-state index contributed by atoms with van der Waals surface area (Å²) in [5, 5.41) is 7.66. The Hall–Kier alpha value is -2.91. The van der Waals surface area contributed by atoms with E-state index in [0.717, 1.165) is 23.4 Å². The van der Waals surface area contributed by atoms with Crippen LogP contribution >= 0.6 is 11.3 Å². The molecule has 0 aliphatic carbocycles. The molecule has 2 N–H and O–H groups in total. The van der Waals surface area contributed by atoms with Crippen molar-refractivity contribution in [2.75, 3.05) is 32.2 Å². The van der Waals surface area contributed by atoms with Crippen molar-refractivity contribution < 1.29 is 19.1 Å². The minimum absolute atomic E-state index is 0.130. The molecule has 1 radical (unpaired) electrons. The molecule has 9 heteroatoms. The number of carbonyl (C=O) groups is 2. The van der Waals surface area contributed by atoms with Crippen molar-refractivity contribution in [2.45, 2.75) is 33.9 Å². The summed E-state index contributed by atoms with van der Waals surface area (Å²) in [6.45, 7) is 8.64. The Kier molecular flexibility index (Phi) is 14.2. The summed E-state index contributed by atoms with van der Waals surface area (Å²) in [4.78, 5) is 28.8. The van der Waals surface area contributed by atoms with Crippen molar-refractivity contribution in [1.29, 1.82) is 0 Å². The smallest absolute Gasteiger partial charge is 0.251 e. The molecule has 2 rings (SSSR count). The van der Waals surface area contributed by atoms with Gasteiger partial charge in [-0.3, -0.25) is 9.59 Å². The van der Waals surface area contributed by atoms with Crippen LogP contribution in [0, 0.1) is 0 Å². The largest absolute Gasteiger partial charge is 0.491 e. The van der Waals surface area contributed by atoms with E-state index < -0.39 is 0 Å². The Morgan fingerprint density at radius 2 is 2.00 bits per heavy atom. The van der Waals surface area contributed by atoms with Crippen LogP contribution in [0.15, 0.2) is 53.4 Å². The van der Waals surface area contributed by atoms with Crippen LogP contribution in [0.2, 0.25) is 13.6 Å². The fourth-order valence-electron chi connectivity index (χ4n) is 2.51. The van der Waals surface area contributed by atoms with Crippen molar-refractivity contribution in [3.05, 3.63) is 53.4 Å². The van der Waals surface area contributed by atoms with Gasteiger partial charge in [-0.25, -0.2) is 4.98 Å². The summed E-state index contributed by atoms with van der Waals surface area (Å²) in [6.07, 6.45) is 6.06. The van der Waals surface area contributed by atoms with E-state index in [1.807, 2.05) is 70.5 Å². The number of benzene rings is 1. The van der Waals surface area contributed by atoms with Crippen LogP contribution in [0.5, 0.6) is 5.75 Å². The molecule has 0 saturated heterocycles. The molecular formula is C24H33BN3O4S. The van der Waals surface area contributed by atoms with E-state index in [0.29, 0.717) is 23.9 Å². The first-order valence-electron chi connectivity index (χ1n) is 10.8. The Bertz CT molecular complexity index is 928. The third-order valence-corrected chi connectivity index (χ3v) is 4.64. The number of nitrogens with zero attached hydrogens (tertiary/aromatic N) is 1. The monoisotopic (exact) mass is 470 g/mol. The lowest BCUT2D eigenvalue weighted by molar-refractivity contribution is -0.121. The number of hydrogen-bond donors (Lipinski definition) is 2. The highest BCUT2D eigenvalue weighted by atomic mass is 32.1. The van der Waals surface area contributed by atoms with Gasteiger partial charge in [-0.1, -0.05) is 50.9 Å². The predicted molar refractivity (Wildman–Crippen MR) is 137 cm³/mol. The molecule has 0 aliphatic rings. The van der Waals surface area contributed by atoms with Crippen LogP contribution in [0.1, 0.15) is 20.3 Å². The molecule has 1 aromatic heterocycles. The molecule has 33 heavy (non-hydrogen) atoms. The van der Waals surface area contributed by atoms with E-state index in [1.165, 1.54) is 11.3 Å². The fraction of sp³-hybridized carbons (Fsp3) is 0.375. The van der Waals surface area contributed by atoms with Crippen LogP contribution in [0.25, 0.3) is 11.3 Å². The third kappa shape index (κ3) is 11.0. The lowest BCUT2D eigenvalue weighted by atomic mass is 9.88. The van der Waals surface area contributed by atoms with Gasteiger partial charge in [0.1, 0.15) is 19.6 Å². The molecule has 0 aliphatic heterocycles. The van der Waals surface area contributed by atoms with Gasteiger partial charge in [-0.15, -0.1) is 11.3 Å². The highest BCUT2D eigenvalue weighted by Crippen LogP contribution is 2.27. The molecule has 0 atom stereocenters. The molecular weight excluding hydrogens is 437 g/mol. The van der Waals surface area contributed by atoms with Crippen molar-refractivity contribution in [3.63, 3.8) is 0 Å². The van der Waals surface area contributed by atoms with Gasteiger partial charge in [0.25, 0.3) is 5.91 Å². The molecule has 1 aromatic carbocycles. The van der Waals surface area contributed by atoms with Gasteiger partial charge in [0.2, 0.25) is 5.91 Å². The molecule has 2 amide bonds. The fourth-order valence-corrected chi connectivity index (χ4v) is 3.25. The summed E-state index contributed by atoms with van der Waals surface area (Å²) in [5.74, 6) is 0.107. The number of rotatable bonds is 11. The summed E-state index contributed by atoms with van der Waals surface area (Å²) >= 11 is 1.32. The highest BCUT2D eigenvalue weighted by molar-refractivity contribution is 7.14. The number of allylic oxidation sites excluding steroid dienone is 2. The van der Waals surface area contributed by atoms with Crippen molar-refractivity contribution >= 4 is 35.6 Å². The van der Waals surface area contributed by atoms with Gasteiger partial charge in [0, 0.05) is 23.6 Å². The molecule has 177 valence electrons. The number of thiazole rings is 1. The standard InChI is InChI=1S/C22H27N3O4S.C2H6B/c1-4-7-16(8-5-2)21(27)23-14-20(26)25-22-24-19(15-30-22)17-9-6-10-18(13-17)29-12-11-28-3;1-3-2/h4,6-10,13,15H,5,11-12,14H2,1-3H3,(H,23,27)(H,24,25,26);1-2H3/b7-4-,16-8+;. The maximum atomic E-state index is 12.2. The molecule has 0 spiro atoms. The minimum atomic E-state index is -0.336. The number of methoxy groups -OCH3 is 1. The molecule has 7 nitrogen and oxygen atoms in total. The number of carbonyl (C=O) groups excluding carboxylic acids is 2. The van der Waals surface area contributed by atoms with Gasteiger partial charge in [-0.05, 0) is 25.5 Å². The zero-order valence-electron chi connectivity index (χ0n) is 20.0. The number of nitrogens with one attached hydrogen (secondary N) is 2. The van der Waals surface area contributed by atoms with Gasteiger partial charge in [0.05, 0.1) is 18.8 Å². The second kappa shape index (κ2) is 16.7. The number of amides is 2.